The van der Waals surface area contributed by atoms with E-state index >= 15 is 0 Å². The van der Waals surface area contributed by atoms with Crippen LogP contribution in [0.1, 0.15) is 25.7 Å². The maximum atomic E-state index is 5.52. The van der Waals surface area contributed by atoms with Gasteiger partial charge in [0.2, 0.25) is 0 Å². The van der Waals surface area contributed by atoms with Gasteiger partial charge in [-0.25, -0.2) is 0 Å². The van der Waals surface area contributed by atoms with Crippen molar-refractivity contribution in [2.45, 2.75) is 32.0 Å². The third kappa shape index (κ3) is 4.04. The summed E-state index contributed by atoms with van der Waals surface area (Å²) < 4.78 is 10.9. The molecule has 0 saturated carbocycles. The number of nitrogens with one attached hydrogen (secondary N) is 1. The van der Waals surface area contributed by atoms with Gasteiger partial charge < -0.3 is 14.8 Å². The predicted octanol–water partition coefficient (Wildman–Crippen LogP) is 1.14. The molecule has 1 atom stereocenters. The van der Waals surface area contributed by atoms with Gasteiger partial charge in [0.1, 0.15) is 0 Å². The fourth-order valence-electron chi connectivity index (χ4n) is 1.31. The quantitative estimate of drug-likeness (QED) is 0.632. The van der Waals surface area contributed by atoms with Gasteiger partial charge in [-0.3, -0.25) is 0 Å². The highest BCUT2D eigenvalue weighted by Gasteiger charge is 2.12. The van der Waals surface area contributed by atoms with Gasteiger partial charge in [-0.2, -0.15) is 0 Å². The molecule has 1 saturated heterocycles. The molecule has 12 heavy (non-hydrogen) atoms. The number of hydrogen-bond donors (Lipinski definition) is 1. The SMILES string of the molecule is CNCCCOC1CCCCO1. The average Bonchev–Trinajstić information content (AvgIpc) is 2.14. The molecule has 0 aromatic rings. The fourth-order valence-corrected chi connectivity index (χ4v) is 1.31. The minimum atomic E-state index is 0.0793. The zero-order valence-electron chi connectivity index (χ0n) is 7.84. The first kappa shape index (κ1) is 9.96. The minimum Gasteiger partial charge on any atom is -0.353 e. The molecule has 3 nitrogen and oxygen atoms in total. The van der Waals surface area contributed by atoms with E-state index < -0.39 is 0 Å². The van der Waals surface area contributed by atoms with E-state index in [-0.39, 0.29) is 6.29 Å². The molecule has 0 aromatic carbocycles. The third-order valence-corrected chi connectivity index (χ3v) is 2.01. The third-order valence-electron chi connectivity index (χ3n) is 2.01. The molecule has 3 heteroatoms. The lowest BCUT2D eigenvalue weighted by molar-refractivity contribution is -0.162. The highest BCUT2D eigenvalue weighted by atomic mass is 16.7. The molecule has 1 rings (SSSR count). The molecule has 0 bridgehead atoms. The van der Waals surface area contributed by atoms with Crippen molar-refractivity contribution in [3.8, 4) is 0 Å². The maximum Gasteiger partial charge on any atom is 0.157 e. The second-order valence-corrected chi connectivity index (χ2v) is 3.12. The maximum absolute atomic E-state index is 5.52. The van der Waals surface area contributed by atoms with Crippen LogP contribution in [0.5, 0.6) is 0 Å². The van der Waals surface area contributed by atoms with Crippen molar-refractivity contribution in [1.29, 1.82) is 0 Å². The van der Waals surface area contributed by atoms with Crippen LogP contribution >= 0.6 is 0 Å². The van der Waals surface area contributed by atoms with Gasteiger partial charge in [0.15, 0.2) is 6.29 Å². The van der Waals surface area contributed by atoms with Gasteiger partial charge in [0.25, 0.3) is 0 Å². The molecule has 1 fully saturated rings. The van der Waals surface area contributed by atoms with Crippen LogP contribution < -0.4 is 5.32 Å². The molecule has 72 valence electrons. The van der Waals surface area contributed by atoms with Crippen LogP contribution in [0.4, 0.5) is 0 Å². The molecule has 0 amide bonds. The van der Waals surface area contributed by atoms with E-state index in [4.69, 9.17) is 9.47 Å². The second kappa shape index (κ2) is 6.40. The van der Waals surface area contributed by atoms with Crippen molar-refractivity contribution < 1.29 is 9.47 Å². The zero-order valence-corrected chi connectivity index (χ0v) is 7.84. The Balaban J connectivity index is 1.91. The van der Waals surface area contributed by atoms with Crippen molar-refractivity contribution in [2.75, 3.05) is 26.8 Å². The standard InChI is InChI=1S/C9H19NO2/c1-10-6-4-8-12-9-5-2-3-7-11-9/h9-10H,2-8H2,1H3. The van der Waals surface area contributed by atoms with Crippen LogP contribution in [0, 0.1) is 0 Å². The van der Waals surface area contributed by atoms with Crippen LogP contribution in [0.15, 0.2) is 0 Å². The second-order valence-electron chi connectivity index (χ2n) is 3.12. The Morgan fingerprint density at radius 2 is 2.42 bits per heavy atom. The summed E-state index contributed by atoms with van der Waals surface area (Å²) in [5.41, 5.74) is 0. The van der Waals surface area contributed by atoms with Crippen LogP contribution in [0.25, 0.3) is 0 Å². The Morgan fingerprint density at radius 1 is 1.50 bits per heavy atom. The largest absolute Gasteiger partial charge is 0.353 e. The summed E-state index contributed by atoms with van der Waals surface area (Å²) >= 11 is 0. The van der Waals surface area contributed by atoms with E-state index in [0.29, 0.717) is 0 Å². The molecule has 1 heterocycles. The lowest BCUT2D eigenvalue weighted by Gasteiger charge is -2.22. The summed E-state index contributed by atoms with van der Waals surface area (Å²) in [5.74, 6) is 0. The molecule has 0 radical (unpaired) electrons. The average molecular weight is 173 g/mol. The molecule has 1 aliphatic heterocycles. The van der Waals surface area contributed by atoms with Crippen LogP contribution in [0.2, 0.25) is 0 Å². The van der Waals surface area contributed by atoms with Crippen LogP contribution in [-0.4, -0.2) is 33.1 Å². The van der Waals surface area contributed by atoms with Crippen molar-refractivity contribution in [1.82, 2.24) is 5.32 Å². The van der Waals surface area contributed by atoms with Gasteiger partial charge in [0, 0.05) is 6.61 Å². The van der Waals surface area contributed by atoms with E-state index in [0.717, 1.165) is 32.6 Å². The van der Waals surface area contributed by atoms with Crippen molar-refractivity contribution in [3.63, 3.8) is 0 Å². The molecule has 1 unspecified atom stereocenters. The molecular formula is C9H19NO2. The highest BCUT2D eigenvalue weighted by molar-refractivity contribution is 4.54. The Kier molecular flexibility index (Phi) is 5.32. The first-order valence-corrected chi connectivity index (χ1v) is 4.81. The van der Waals surface area contributed by atoms with Gasteiger partial charge in [-0.1, -0.05) is 0 Å². The molecule has 1 aliphatic rings. The number of ether oxygens (including phenoxy) is 2. The summed E-state index contributed by atoms with van der Waals surface area (Å²) in [4.78, 5) is 0. The molecule has 0 spiro atoms. The van der Waals surface area contributed by atoms with Gasteiger partial charge in [-0.05, 0) is 39.3 Å². The fraction of sp³-hybridized carbons (Fsp3) is 1.00. The van der Waals surface area contributed by atoms with Gasteiger partial charge >= 0.3 is 0 Å². The molecule has 0 aromatic heterocycles. The monoisotopic (exact) mass is 173 g/mol. The highest BCUT2D eigenvalue weighted by Crippen LogP contribution is 2.13. The summed E-state index contributed by atoms with van der Waals surface area (Å²) in [5, 5.41) is 3.08. The molecular weight excluding hydrogens is 154 g/mol. The molecule has 0 aliphatic carbocycles. The molecule has 1 N–H and O–H groups in total. The Labute approximate surface area is 74.4 Å². The smallest absolute Gasteiger partial charge is 0.157 e. The van der Waals surface area contributed by atoms with Crippen molar-refractivity contribution >= 4 is 0 Å². The lowest BCUT2D eigenvalue weighted by Crippen LogP contribution is -2.23. The zero-order chi connectivity index (χ0) is 8.65. The van der Waals surface area contributed by atoms with Gasteiger partial charge in [0.05, 0.1) is 6.61 Å². The van der Waals surface area contributed by atoms with Crippen LogP contribution in [0.3, 0.4) is 0 Å². The summed E-state index contributed by atoms with van der Waals surface area (Å²) in [6.07, 6.45) is 4.65. The minimum absolute atomic E-state index is 0.0793. The first-order valence-electron chi connectivity index (χ1n) is 4.81. The van der Waals surface area contributed by atoms with E-state index in [1.54, 1.807) is 0 Å². The van der Waals surface area contributed by atoms with E-state index in [2.05, 4.69) is 5.32 Å². The lowest BCUT2D eigenvalue weighted by atomic mass is 10.2. The van der Waals surface area contributed by atoms with E-state index in [9.17, 15) is 0 Å². The summed E-state index contributed by atoms with van der Waals surface area (Å²) in [7, 11) is 1.96. The van der Waals surface area contributed by atoms with E-state index in [1.807, 2.05) is 7.05 Å². The number of hydrogen-bond acceptors (Lipinski definition) is 3. The topological polar surface area (TPSA) is 30.5 Å². The number of rotatable bonds is 5. The predicted molar refractivity (Wildman–Crippen MR) is 48.1 cm³/mol. The van der Waals surface area contributed by atoms with Crippen LogP contribution in [-0.2, 0) is 9.47 Å². The summed E-state index contributed by atoms with van der Waals surface area (Å²) in [6.45, 7) is 2.70. The normalized spacial score (nSPS) is 24.2. The Bertz CT molecular complexity index is 103. The Hall–Kier alpha value is -0.120. The first-order chi connectivity index (χ1) is 5.93. The van der Waals surface area contributed by atoms with Gasteiger partial charge in [-0.15, -0.1) is 0 Å². The summed E-state index contributed by atoms with van der Waals surface area (Å²) in [6, 6.07) is 0. The van der Waals surface area contributed by atoms with Crippen molar-refractivity contribution in [3.05, 3.63) is 0 Å². The van der Waals surface area contributed by atoms with Crippen molar-refractivity contribution in [2.24, 2.45) is 0 Å². The van der Waals surface area contributed by atoms with E-state index in [1.165, 1.54) is 12.8 Å². The Morgan fingerprint density at radius 3 is 3.08 bits per heavy atom.